The van der Waals surface area contributed by atoms with E-state index in [1.165, 1.54) is 0 Å². The molecule has 0 unspecified atom stereocenters. The SMILES string of the molecule is N=C(N)c1cccc(/C=C\Cc2cccc(C(=N)N)c2)c1. The molecule has 0 aliphatic heterocycles. The van der Waals surface area contributed by atoms with Gasteiger partial charge in [-0.1, -0.05) is 48.6 Å². The van der Waals surface area contributed by atoms with Crippen molar-refractivity contribution in [2.75, 3.05) is 0 Å². The van der Waals surface area contributed by atoms with E-state index in [-0.39, 0.29) is 11.7 Å². The molecule has 2 aromatic rings. The summed E-state index contributed by atoms with van der Waals surface area (Å²) in [6.45, 7) is 0. The van der Waals surface area contributed by atoms with E-state index in [1.807, 2.05) is 60.7 Å². The Hall–Kier alpha value is -2.88. The van der Waals surface area contributed by atoms with E-state index in [2.05, 4.69) is 0 Å². The van der Waals surface area contributed by atoms with E-state index in [9.17, 15) is 0 Å². The van der Waals surface area contributed by atoms with Crippen molar-refractivity contribution in [3.63, 3.8) is 0 Å². The minimum atomic E-state index is 0.0689. The molecule has 0 atom stereocenters. The van der Waals surface area contributed by atoms with Crippen LogP contribution in [0.4, 0.5) is 0 Å². The minimum Gasteiger partial charge on any atom is -0.384 e. The van der Waals surface area contributed by atoms with Crippen LogP contribution in [0.2, 0.25) is 0 Å². The van der Waals surface area contributed by atoms with Gasteiger partial charge < -0.3 is 11.5 Å². The molecular formula is C17H18N4. The fourth-order valence-electron chi connectivity index (χ4n) is 2.01. The summed E-state index contributed by atoms with van der Waals surface area (Å²) in [6.07, 6.45) is 4.79. The molecule has 0 spiro atoms. The van der Waals surface area contributed by atoms with E-state index in [4.69, 9.17) is 22.3 Å². The number of benzene rings is 2. The minimum absolute atomic E-state index is 0.0689. The van der Waals surface area contributed by atoms with Gasteiger partial charge in [0.15, 0.2) is 0 Å². The van der Waals surface area contributed by atoms with Crippen LogP contribution in [0.1, 0.15) is 22.3 Å². The van der Waals surface area contributed by atoms with Crippen LogP contribution in [-0.4, -0.2) is 11.7 Å². The summed E-state index contributed by atoms with van der Waals surface area (Å²) >= 11 is 0. The topological polar surface area (TPSA) is 99.7 Å². The molecule has 0 amide bonds. The molecule has 0 bridgehead atoms. The lowest BCUT2D eigenvalue weighted by atomic mass is 10.1. The van der Waals surface area contributed by atoms with Crippen LogP contribution in [-0.2, 0) is 6.42 Å². The van der Waals surface area contributed by atoms with Gasteiger partial charge in [0, 0.05) is 11.1 Å². The molecule has 2 aromatic carbocycles. The first-order chi connectivity index (χ1) is 10.1. The molecule has 0 aliphatic rings. The van der Waals surface area contributed by atoms with Crippen molar-refractivity contribution in [1.82, 2.24) is 0 Å². The Kier molecular flexibility index (Phi) is 4.51. The number of allylic oxidation sites excluding steroid dienone is 1. The van der Waals surface area contributed by atoms with Crippen molar-refractivity contribution in [3.8, 4) is 0 Å². The molecule has 0 aliphatic carbocycles. The van der Waals surface area contributed by atoms with E-state index >= 15 is 0 Å². The van der Waals surface area contributed by atoms with Crippen LogP contribution in [0.15, 0.2) is 54.6 Å². The summed E-state index contributed by atoms with van der Waals surface area (Å²) in [4.78, 5) is 0. The van der Waals surface area contributed by atoms with E-state index < -0.39 is 0 Å². The number of nitrogens with two attached hydrogens (primary N) is 2. The summed E-state index contributed by atoms with van der Waals surface area (Å²) in [6, 6.07) is 15.2. The van der Waals surface area contributed by atoms with E-state index in [0.717, 1.165) is 28.7 Å². The Morgan fingerprint density at radius 2 is 1.52 bits per heavy atom. The van der Waals surface area contributed by atoms with Crippen LogP contribution in [0.25, 0.3) is 6.08 Å². The van der Waals surface area contributed by atoms with Crippen molar-refractivity contribution in [1.29, 1.82) is 10.8 Å². The predicted molar refractivity (Wildman–Crippen MR) is 87.7 cm³/mol. The van der Waals surface area contributed by atoms with Gasteiger partial charge in [-0.3, -0.25) is 10.8 Å². The zero-order valence-corrected chi connectivity index (χ0v) is 11.6. The molecule has 21 heavy (non-hydrogen) atoms. The summed E-state index contributed by atoms with van der Waals surface area (Å²) < 4.78 is 0. The molecule has 0 saturated carbocycles. The van der Waals surface area contributed by atoms with Crippen LogP contribution in [0.3, 0.4) is 0 Å². The van der Waals surface area contributed by atoms with Gasteiger partial charge in [0.25, 0.3) is 0 Å². The highest BCUT2D eigenvalue weighted by Crippen LogP contribution is 2.10. The van der Waals surface area contributed by atoms with Crippen molar-refractivity contribution >= 4 is 17.7 Å². The van der Waals surface area contributed by atoms with E-state index in [0.29, 0.717) is 0 Å². The molecule has 106 valence electrons. The number of hydrogen-bond acceptors (Lipinski definition) is 2. The van der Waals surface area contributed by atoms with Crippen LogP contribution < -0.4 is 11.5 Å². The van der Waals surface area contributed by atoms with Gasteiger partial charge in [0.2, 0.25) is 0 Å². The molecule has 0 heterocycles. The molecule has 6 N–H and O–H groups in total. The highest BCUT2D eigenvalue weighted by atomic mass is 14.7. The number of amidine groups is 2. The maximum absolute atomic E-state index is 7.44. The molecule has 4 nitrogen and oxygen atoms in total. The molecule has 0 radical (unpaired) electrons. The average molecular weight is 278 g/mol. The van der Waals surface area contributed by atoms with Crippen LogP contribution >= 0.6 is 0 Å². The monoisotopic (exact) mass is 278 g/mol. The Morgan fingerprint density at radius 1 is 0.905 bits per heavy atom. The van der Waals surface area contributed by atoms with Gasteiger partial charge in [0.05, 0.1) is 0 Å². The summed E-state index contributed by atoms with van der Waals surface area (Å²) in [5.41, 5.74) is 14.5. The highest BCUT2D eigenvalue weighted by molar-refractivity contribution is 5.95. The lowest BCUT2D eigenvalue weighted by molar-refractivity contribution is 1.27. The van der Waals surface area contributed by atoms with Crippen molar-refractivity contribution in [2.24, 2.45) is 11.5 Å². The third-order valence-corrected chi connectivity index (χ3v) is 3.10. The normalized spacial score (nSPS) is 10.7. The van der Waals surface area contributed by atoms with Gasteiger partial charge in [-0.05, 0) is 29.7 Å². The van der Waals surface area contributed by atoms with Crippen molar-refractivity contribution in [2.45, 2.75) is 6.42 Å². The van der Waals surface area contributed by atoms with Crippen molar-refractivity contribution in [3.05, 3.63) is 76.9 Å². The molecular weight excluding hydrogens is 260 g/mol. The lowest BCUT2D eigenvalue weighted by Crippen LogP contribution is -2.11. The first kappa shape index (κ1) is 14.5. The highest BCUT2D eigenvalue weighted by Gasteiger charge is 1.98. The van der Waals surface area contributed by atoms with Gasteiger partial charge in [-0.2, -0.15) is 0 Å². The third kappa shape index (κ3) is 4.04. The molecule has 0 fully saturated rings. The standard InChI is InChI=1S/C17H18N4/c18-16(19)14-8-2-6-12(10-14)4-1-5-13-7-3-9-15(11-13)17(20)21/h1-4,6-11H,5H2,(H3,18,19)(H3,20,21)/b4-1-. The first-order valence-corrected chi connectivity index (χ1v) is 6.60. The number of rotatable bonds is 5. The van der Waals surface area contributed by atoms with Gasteiger partial charge in [-0.25, -0.2) is 0 Å². The zero-order valence-electron chi connectivity index (χ0n) is 11.6. The quantitative estimate of drug-likeness (QED) is 0.499. The summed E-state index contributed by atoms with van der Waals surface area (Å²) in [7, 11) is 0. The predicted octanol–water partition coefficient (Wildman–Crippen LogP) is 2.51. The second-order valence-electron chi connectivity index (χ2n) is 4.76. The molecule has 0 saturated heterocycles. The largest absolute Gasteiger partial charge is 0.384 e. The second kappa shape index (κ2) is 6.52. The van der Waals surface area contributed by atoms with Gasteiger partial charge in [-0.15, -0.1) is 0 Å². The average Bonchev–Trinajstić information content (AvgIpc) is 2.48. The number of nitrogens with one attached hydrogen (secondary N) is 2. The summed E-state index contributed by atoms with van der Waals surface area (Å²) in [5, 5.41) is 14.9. The van der Waals surface area contributed by atoms with Crippen molar-refractivity contribution < 1.29 is 0 Å². The maximum Gasteiger partial charge on any atom is 0.122 e. The Balaban J connectivity index is 2.09. The Bertz CT molecular complexity index is 701. The number of hydrogen-bond donors (Lipinski definition) is 4. The van der Waals surface area contributed by atoms with Crippen LogP contribution in [0, 0.1) is 10.8 Å². The Morgan fingerprint density at radius 3 is 2.19 bits per heavy atom. The summed E-state index contributed by atoms with van der Waals surface area (Å²) in [5.74, 6) is 0.148. The Labute approximate surface area is 124 Å². The van der Waals surface area contributed by atoms with Gasteiger partial charge >= 0.3 is 0 Å². The smallest absolute Gasteiger partial charge is 0.122 e. The molecule has 0 aromatic heterocycles. The van der Waals surface area contributed by atoms with E-state index in [1.54, 1.807) is 0 Å². The van der Waals surface area contributed by atoms with Crippen LogP contribution in [0.5, 0.6) is 0 Å². The fraction of sp³-hybridized carbons (Fsp3) is 0.0588. The fourth-order valence-corrected chi connectivity index (χ4v) is 2.01. The zero-order chi connectivity index (χ0) is 15.2. The second-order valence-corrected chi connectivity index (χ2v) is 4.76. The lowest BCUT2D eigenvalue weighted by Gasteiger charge is -2.02. The molecule has 2 rings (SSSR count). The maximum atomic E-state index is 7.44. The third-order valence-electron chi connectivity index (χ3n) is 3.10. The molecule has 4 heteroatoms. The first-order valence-electron chi connectivity index (χ1n) is 6.60. The number of nitrogen functional groups attached to an aromatic ring is 2. The van der Waals surface area contributed by atoms with Gasteiger partial charge in [0.1, 0.15) is 11.7 Å².